The molecule has 0 aromatic heterocycles. The first-order valence-electron chi connectivity index (χ1n) is 11.5. The molecular weight excluding hydrogens is 443 g/mol. The molecule has 0 heterocycles. The number of halogens is 2. The van der Waals surface area contributed by atoms with Crippen LogP contribution in [0.2, 0.25) is 10.0 Å². The molecule has 0 saturated heterocycles. The molecule has 32 heavy (non-hydrogen) atoms. The van der Waals surface area contributed by atoms with Crippen LogP contribution in [0.1, 0.15) is 62.1 Å². The Morgan fingerprint density at radius 1 is 1.00 bits per heavy atom. The van der Waals surface area contributed by atoms with Crippen LogP contribution in [0.3, 0.4) is 0 Å². The summed E-state index contributed by atoms with van der Waals surface area (Å²) in [4.78, 5) is 28.4. The summed E-state index contributed by atoms with van der Waals surface area (Å²) in [7, 11) is 0. The summed E-state index contributed by atoms with van der Waals surface area (Å²) in [6.45, 7) is 4.38. The van der Waals surface area contributed by atoms with Gasteiger partial charge in [0.15, 0.2) is 0 Å². The normalized spacial score (nSPS) is 15.2. The van der Waals surface area contributed by atoms with E-state index < -0.39 is 6.04 Å². The summed E-state index contributed by atoms with van der Waals surface area (Å²) in [5, 5.41) is 4.09. The first kappa shape index (κ1) is 24.6. The first-order valence-corrected chi connectivity index (χ1v) is 12.2. The monoisotopic (exact) mass is 474 g/mol. The van der Waals surface area contributed by atoms with Crippen LogP contribution in [0.25, 0.3) is 0 Å². The lowest BCUT2D eigenvalue weighted by Gasteiger charge is -2.33. The van der Waals surface area contributed by atoms with Crippen molar-refractivity contribution >= 4 is 35.0 Å². The van der Waals surface area contributed by atoms with Gasteiger partial charge in [-0.2, -0.15) is 0 Å². The van der Waals surface area contributed by atoms with Gasteiger partial charge >= 0.3 is 0 Å². The van der Waals surface area contributed by atoms with E-state index in [2.05, 4.69) is 5.32 Å². The number of carbonyl (C=O) groups is 2. The second-order valence-corrected chi connectivity index (χ2v) is 9.51. The van der Waals surface area contributed by atoms with Gasteiger partial charge in [0.05, 0.1) is 16.5 Å². The lowest BCUT2D eigenvalue weighted by molar-refractivity contribution is -0.141. The maximum absolute atomic E-state index is 13.4. The molecule has 1 aliphatic rings. The third-order valence-electron chi connectivity index (χ3n) is 6.15. The second kappa shape index (κ2) is 11.7. The maximum atomic E-state index is 13.4. The molecular formula is C26H32Cl2N2O2. The molecule has 0 aliphatic heterocycles. The highest BCUT2D eigenvalue weighted by atomic mass is 35.5. The fourth-order valence-corrected chi connectivity index (χ4v) is 4.60. The molecule has 172 valence electrons. The van der Waals surface area contributed by atoms with Crippen LogP contribution in [0, 0.1) is 6.92 Å². The van der Waals surface area contributed by atoms with Crippen molar-refractivity contribution < 1.29 is 9.59 Å². The molecule has 1 fully saturated rings. The van der Waals surface area contributed by atoms with Crippen LogP contribution < -0.4 is 5.32 Å². The number of benzene rings is 2. The van der Waals surface area contributed by atoms with E-state index in [1.807, 2.05) is 38.1 Å². The van der Waals surface area contributed by atoms with E-state index in [0.29, 0.717) is 23.0 Å². The first-order chi connectivity index (χ1) is 15.4. The van der Waals surface area contributed by atoms with Crippen molar-refractivity contribution in [1.82, 2.24) is 10.2 Å². The van der Waals surface area contributed by atoms with Crippen molar-refractivity contribution in [3.63, 3.8) is 0 Å². The Labute approximate surface area is 201 Å². The van der Waals surface area contributed by atoms with Gasteiger partial charge < -0.3 is 10.2 Å². The van der Waals surface area contributed by atoms with Crippen LogP contribution in [0.5, 0.6) is 0 Å². The molecule has 0 bridgehead atoms. The summed E-state index contributed by atoms with van der Waals surface area (Å²) in [5.74, 6) is -0.163. The summed E-state index contributed by atoms with van der Waals surface area (Å²) < 4.78 is 0. The van der Waals surface area contributed by atoms with Gasteiger partial charge in [-0.05, 0) is 49.4 Å². The summed E-state index contributed by atoms with van der Waals surface area (Å²) in [5.41, 5.74) is 2.94. The highest BCUT2D eigenvalue weighted by molar-refractivity contribution is 6.42. The molecule has 2 amide bonds. The van der Waals surface area contributed by atoms with Gasteiger partial charge in [0, 0.05) is 12.6 Å². The number of amides is 2. The molecule has 1 atom stereocenters. The minimum atomic E-state index is -0.520. The largest absolute Gasteiger partial charge is 0.352 e. The van der Waals surface area contributed by atoms with Crippen molar-refractivity contribution in [2.24, 2.45) is 0 Å². The predicted octanol–water partition coefficient (Wildman–Crippen LogP) is 6.10. The molecule has 0 radical (unpaired) electrons. The summed E-state index contributed by atoms with van der Waals surface area (Å²) in [6, 6.07) is 13.0. The van der Waals surface area contributed by atoms with Crippen molar-refractivity contribution in [3.05, 3.63) is 69.2 Å². The number of aryl methyl sites for hydroxylation is 1. The van der Waals surface area contributed by atoms with Crippen LogP contribution in [-0.2, 0) is 22.6 Å². The SMILES string of the molecule is CCC(C(=O)NC1CCCCC1)N(Cc1ccc(C)cc1)C(=O)Cc1ccc(Cl)c(Cl)c1. The molecule has 2 aromatic rings. The van der Waals surface area contributed by atoms with E-state index in [9.17, 15) is 9.59 Å². The zero-order valence-electron chi connectivity index (χ0n) is 18.9. The molecule has 3 rings (SSSR count). The minimum absolute atomic E-state index is 0.0611. The molecule has 6 heteroatoms. The third kappa shape index (κ3) is 6.73. The van der Waals surface area contributed by atoms with Crippen LogP contribution in [-0.4, -0.2) is 28.8 Å². The molecule has 1 aliphatic carbocycles. The molecule has 4 nitrogen and oxygen atoms in total. The zero-order chi connectivity index (χ0) is 23.1. The minimum Gasteiger partial charge on any atom is -0.352 e. The smallest absolute Gasteiger partial charge is 0.243 e. The Hall–Kier alpha value is -2.04. The van der Waals surface area contributed by atoms with Crippen LogP contribution in [0.15, 0.2) is 42.5 Å². The highest BCUT2D eigenvalue weighted by Crippen LogP contribution is 2.24. The molecule has 1 unspecified atom stereocenters. The fourth-order valence-electron chi connectivity index (χ4n) is 4.28. The molecule has 1 N–H and O–H groups in total. The molecule has 0 spiro atoms. The van der Waals surface area contributed by atoms with E-state index in [-0.39, 0.29) is 24.3 Å². The second-order valence-electron chi connectivity index (χ2n) is 8.70. The average Bonchev–Trinajstić information content (AvgIpc) is 2.78. The number of carbonyl (C=O) groups excluding carboxylic acids is 2. The number of nitrogens with one attached hydrogen (secondary N) is 1. The zero-order valence-corrected chi connectivity index (χ0v) is 20.4. The van der Waals surface area contributed by atoms with Gasteiger partial charge in [-0.25, -0.2) is 0 Å². The Bertz CT molecular complexity index is 924. The standard InChI is InChI=1S/C26H32Cl2N2O2/c1-3-24(26(32)29-21-7-5-4-6-8-21)30(17-19-11-9-18(2)10-12-19)25(31)16-20-13-14-22(27)23(28)15-20/h9-15,21,24H,3-8,16-17H2,1-2H3,(H,29,32). The van der Waals surface area contributed by atoms with Gasteiger partial charge in [0.25, 0.3) is 0 Å². The van der Waals surface area contributed by atoms with Gasteiger partial charge in [-0.15, -0.1) is 0 Å². The van der Waals surface area contributed by atoms with Crippen molar-refractivity contribution in [2.75, 3.05) is 0 Å². The molecule has 2 aromatic carbocycles. The van der Waals surface area contributed by atoms with Crippen molar-refractivity contribution in [2.45, 2.75) is 77.4 Å². The third-order valence-corrected chi connectivity index (χ3v) is 6.89. The van der Waals surface area contributed by atoms with E-state index in [4.69, 9.17) is 23.2 Å². The topological polar surface area (TPSA) is 49.4 Å². The van der Waals surface area contributed by atoms with Crippen LogP contribution in [0.4, 0.5) is 0 Å². The highest BCUT2D eigenvalue weighted by Gasteiger charge is 2.30. The summed E-state index contributed by atoms with van der Waals surface area (Å²) >= 11 is 12.2. The van der Waals surface area contributed by atoms with Crippen molar-refractivity contribution in [1.29, 1.82) is 0 Å². The quantitative estimate of drug-likeness (QED) is 0.502. The number of hydrogen-bond acceptors (Lipinski definition) is 2. The van der Waals surface area contributed by atoms with Gasteiger partial charge in [0.1, 0.15) is 6.04 Å². The fraction of sp³-hybridized carbons (Fsp3) is 0.462. The number of hydrogen-bond donors (Lipinski definition) is 1. The van der Waals surface area contributed by atoms with Gasteiger partial charge in [-0.1, -0.05) is 85.3 Å². The van der Waals surface area contributed by atoms with Crippen LogP contribution >= 0.6 is 23.2 Å². The van der Waals surface area contributed by atoms with E-state index in [1.165, 1.54) is 6.42 Å². The number of nitrogens with zero attached hydrogens (tertiary/aromatic N) is 1. The van der Waals surface area contributed by atoms with E-state index >= 15 is 0 Å². The molecule has 1 saturated carbocycles. The predicted molar refractivity (Wildman–Crippen MR) is 131 cm³/mol. The average molecular weight is 475 g/mol. The number of rotatable bonds is 8. The lowest BCUT2D eigenvalue weighted by atomic mass is 9.95. The van der Waals surface area contributed by atoms with Crippen molar-refractivity contribution in [3.8, 4) is 0 Å². The Morgan fingerprint density at radius 2 is 1.66 bits per heavy atom. The maximum Gasteiger partial charge on any atom is 0.243 e. The Kier molecular flexibility index (Phi) is 9.01. The Balaban J connectivity index is 1.81. The Morgan fingerprint density at radius 3 is 2.28 bits per heavy atom. The van der Waals surface area contributed by atoms with E-state index in [1.54, 1.807) is 23.1 Å². The van der Waals surface area contributed by atoms with Gasteiger partial charge in [0.2, 0.25) is 11.8 Å². The summed E-state index contributed by atoms with van der Waals surface area (Å²) in [6.07, 6.45) is 6.25. The van der Waals surface area contributed by atoms with Gasteiger partial charge in [-0.3, -0.25) is 9.59 Å². The van der Waals surface area contributed by atoms with E-state index in [0.717, 1.165) is 42.4 Å². The lowest BCUT2D eigenvalue weighted by Crippen LogP contribution is -2.51.